The van der Waals surface area contributed by atoms with E-state index in [1.54, 1.807) is 22.9 Å². The van der Waals surface area contributed by atoms with Gasteiger partial charge in [-0.15, -0.1) is 0 Å². The molecule has 4 rings (SSSR count). The van der Waals surface area contributed by atoms with E-state index in [4.69, 9.17) is 0 Å². The summed E-state index contributed by atoms with van der Waals surface area (Å²) in [4.78, 5) is 27.3. The standard InChI is InChI=1S/C28H28FN5O2/c1-4-33(28(36)30-24-15-10-19(2)16-20(24)3)18-27(35)31-26-17-25(21-8-6-5-7-9-21)32-34(26)23-13-11-22(29)12-14-23/h5-17H,4,18H2,1-3H3,(H,30,36)(H,31,35). The van der Waals surface area contributed by atoms with Gasteiger partial charge in [-0.05, 0) is 56.7 Å². The van der Waals surface area contributed by atoms with E-state index in [0.717, 1.165) is 16.7 Å². The first-order valence-corrected chi connectivity index (χ1v) is 11.7. The number of rotatable bonds is 7. The zero-order chi connectivity index (χ0) is 25.7. The van der Waals surface area contributed by atoms with Crippen LogP contribution < -0.4 is 10.6 Å². The number of hydrogen-bond donors (Lipinski definition) is 2. The van der Waals surface area contributed by atoms with Crippen LogP contribution in [0.1, 0.15) is 18.1 Å². The van der Waals surface area contributed by atoms with Gasteiger partial charge in [-0.25, -0.2) is 13.9 Å². The largest absolute Gasteiger partial charge is 0.322 e. The summed E-state index contributed by atoms with van der Waals surface area (Å²) in [5.41, 5.74) is 4.86. The summed E-state index contributed by atoms with van der Waals surface area (Å²) >= 11 is 0. The molecule has 1 aromatic heterocycles. The third-order valence-corrected chi connectivity index (χ3v) is 5.74. The van der Waals surface area contributed by atoms with Crippen LogP contribution in [-0.4, -0.2) is 39.7 Å². The number of urea groups is 1. The lowest BCUT2D eigenvalue weighted by atomic mass is 10.1. The van der Waals surface area contributed by atoms with Crippen molar-refractivity contribution in [2.75, 3.05) is 23.7 Å². The van der Waals surface area contributed by atoms with Gasteiger partial charge in [-0.3, -0.25) is 4.79 Å². The lowest BCUT2D eigenvalue weighted by molar-refractivity contribution is -0.116. The number of carbonyl (C=O) groups is 2. The quantitative estimate of drug-likeness (QED) is 0.348. The number of halogens is 1. The number of amides is 3. The second-order valence-electron chi connectivity index (χ2n) is 8.48. The number of aromatic nitrogens is 2. The Bertz CT molecular complexity index is 1370. The molecular formula is C28H28FN5O2. The Labute approximate surface area is 209 Å². The van der Waals surface area contributed by atoms with Crippen LogP contribution in [0, 0.1) is 19.7 Å². The Morgan fingerprint density at radius 1 is 0.944 bits per heavy atom. The number of nitrogens with one attached hydrogen (secondary N) is 2. The van der Waals surface area contributed by atoms with E-state index in [-0.39, 0.29) is 24.3 Å². The summed E-state index contributed by atoms with van der Waals surface area (Å²) in [5, 5.41) is 10.4. The molecule has 0 radical (unpaired) electrons. The topological polar surface area (TPSA) is 79.3 Å². The fourth-order valence-corrected chi connectivity index (χ4v) is 3.83. The highest BCUT2D eigenvalue weighted by Gasteiger charge is 2.19. The Morgan fingerprint density at radius 2 is 1.67 bits per heavy atom. The van der Waals surface area contributed by atoms with E-state index in [0.29, 0.717) is 29.4 Å². The van der Waals surface area contributed by atoms with Gasteiger partial charge < -0.3 is 15.5 Å². The summed E-state index contributed by atoms with van der Waals surface area (Å²) in [5.74, 6) is -0.333. The summed E-state index contributed by atoms with van der Waals surface area (Å²) in [7, 11) is 0. The average molecular weight is 486 g/mol. The van der Waals surface area contributed by atoms with E-state index < -0.39 is 0 Å². The third kappa shape index (κ3) is 5.78. The molecule has 4 aromatic rings. The zero-order valence-corrected chi connectivity index (χ0v) is 20.5. The summed E-state index contributed by atoms with van der Waals surface area (Å²) in [6.45, 7) is 5.91. The van der Waals surface area contributed by atoms with Crippen molar-refractivity contribution in [3.8, 4) is 16.9 Å². The molecule has 184 valence electrons. The van der Waals surface area contributed by atoms with E-state index in [1.807, 2.05) is 69.3 Å². The molecule has 0 atom stereocenters. The van der Waals surface area contributed by atoms with Gasteiger partial charge in [0.1, 0.15) is 18.2 Å². The molecule has 0 fully saturated rings. The maximum Gasteiger partial charge on any atom is 0.322 e. The highest BCUT2D eigenvalue weighted by Crippen LogP contribution is 2.25. The van der Waals surface area contributed by atoms with Crippen LogP contribution in [0.4, 0.5) is 20.7 Å². The molecule has 0 aliphatic rings. The average Bonchev–Trinajstić information content (AvgIpc) is 3.28. The highest BCUT2D eigenvalue weighted by molar-refractivity contribution is 5.97. The maximum atomic E-state index is 13.5. The van der Waals surface area contributed by atoms with Gasteiger partial charge in [0.05, 0.1) is 11.4 Å². The maximum absolute atomic E-state index is 13.5. The summed E-state index contributed by atoms with van der Waals surface area (Å²) < 4.78 is 15.0. The van der Waals surface area contributed by atoms with Crippen molar-refractivity contribution < 1.29 is 14.0 Å². The van der Waals surface area contributed by atoms with E-state index >= 15 is 0 Å². The smallest absolute Gasteiger partial charge is 0.315 e. The van der Waals surface area contributed by atoms with E-state index in [1.165, 1.54) is 17.0 Å². The lowest BCUT2D eigenvalue weighted by Crippen LogP contribution is -2.40. The number of hydrogen-bond acceptors (Lipinski definition) is 3. The second-order valence-corrected chi connectivity index (χ2v) is 8.48. The molecule has 0 spiro atoms. The molecular weight excluding hydrogens is 457 g/mol. The molecule has 2 N–H and O–H groups in total. The first kappa shape index (κ1) is 24.7. The van der Waals surface area contributed by atoms with Gasteiger partial charge in [0.25, 0.3) is 0 Å². The van der Waals surface area contributed by atoms with Crippen molar-refractivity contribution in [2.24, 2.45) is 0 Å². The van der Waals surface area contributed by atoms with E-state index in [2.05, 4.69) is 15.7 Å². The molecule has 8 heteroatoms. The first-order valence-electron chi connectivity index (χ1n) is 11.7. The number of aryl methyl sites for hydroxylation is 2. The van der Waals surface area contributed by atoms with Crippen LogP contribution in [0.5, 0.6) is 0 Å². The van der Waals surface area contributed by atoms with Gasteiger partial charge in [-0.2, -0.15) is 5.10 Å². The predicted octanol–water partition coefficient (Wildman–Crippen LogP) is 5.79. The van der Waals surface area contributed by atoms with Gasteiger partial charge in [0.15, 0.2) is 0 Å². The molecule has 1 heterocycles. The van der Waals surface area contributed by atoms with Crippen molar-refractivity contribution in [3.05, 3.63) is 95.8 Å². The van der Waals surface area contributed by atoms with Gasteiger partial charge in [0.2, 0.25) is 5.91 Å². The molecule has 0 aliphatic heterocycles. The summed E-state index contributed by atoms with van der Waals surface area (Å²) in [6, 6.07) is 22.5. The SMILES string of the molecule is CCN(CC(=O)Nc1cc(-c2ccccc2)nn1-c1ccc(F)cc1)C(=O)Nc1ccc(C)cc1C. The first-order chi connectivity index (χ1) is 17.3. The summed E-state index contributed by atoms with van der Waals surface area (Å²) in [6.07, 6.45) is 0. The second kappa shape index (κ2) is 10.9. The Balaban J connectivity index is 1.53. The fourth-order valence-electron chi connectivity index (χ4n) is 3.83. The number of anilines is 2. The van der Waals surface area contributed by atoms with Crippen molar-refractivity contribution in [1.82, 2.24) is 14.7 Å². The molecule has 0 saturated carbocycles. The Morgan fingerprint density at radius 3 is 2.33 bits per heavy atom. The van der Waals surface area contributed by atoms with Crippen LogP contribution in [0.25, 0.3) is 16.9 Å². The van der Waals surface area contributed by atoms with Gasteiger partial charge >= 0.3 is 6.03 Å². The molecule has 0 unspecified atom stereocenters. The van der Waals surface area contributed by atoms with Crippen LogP contribution in [-0.2, 0) is 4.79 Å². The van der Waals surface area contributed by atoms with Crippen LogP contribution >= 0.6 is 0 Å². The monoisotopic (exact) mass is 485 g/mol. The van der Waals surface area contributed by atoms with Crippen molar-refractivity contribution in [2.45, 2.75) is 20.8 Å². The molecule has 0 bridgehead atoms. The molecule has 0 aliphatic carbocycles. The Kier molecular flexibility index (Phi) is 7.44. The third-order valence-electron chi connectivity index (χ3n) is 5.74. The zero-order valence-electron chi connectivity index (χ0n) is 20.5. The van der Waals surface area contributed by atoms with Crippen molar-refractivity contribution >= 4 is 23.4 Å². The molecule has 3 aromatic carbocycles. The molecule has 3 amide bonds. The molecule has 36 heavy (non-hydrogen) atoms. The van der Waals surface area contributed by atoms with Gasteiger partial charge in [-0.1, -0.05) is 48.0 Å². The van der Waals surface area contributed by atoms with Crippen LogP contribution in [0.15, 0.2) is 78.9 Å². The fraction of sp³-hybridized carbons (Fsp3) is 0.179. The number of benzene rings is 3. The van der Waals surface area contributed by atoms with E-state index in [9.17, 15) is 14.0 Å². The number of carbonyl (C=O) groups excluding carboxylic acids is 2. The number of nitrogens with zero attached hydrogens (tertiary/aromatic N) is 3. The Hall–Kier alpha value is -4.46. The lowest BCUT2D eigenvalue weighted by Gasteiger charge is -2.21. The number of likely N-dealkylation sites (N-methyl/N-ethyl adjacent to an activating group) is 1. The molecule has 0 saturated heterocycles. The molecule has 7 nitrogen and oxygen atoms in total. The van der Waals surface area contributed by atoms with Crippen molar-refractivity contribution in [3.63, 3.8) is 0 Å². The minimum atomic E-state index is -0.379. The van der Waals surface area contributed by atoms with Crippen molar-refractivity contribution in [1.29, 1.82) is 0 Å². The highest BCUT2D eigenvalue weighted by atomic mass is 19.1. The van der Waals surface area contributed by atoms with Crippen LogP contribution in [0.3, 0.4) is 0 Å². The predicted molar refractivity (Wildman–Crippen MR) is 140 cm³/mol. The minimum Gasteiger partial charge on any atom is -0.315 e. The normalized spacial score (nSPS) is 10.7. The minimum absolute atomic E-state index is 0.150. The van der Waals surface area contributed by atoms with Crippen LogP contribution in [0.2, 0.25) is 0 Å². The van der Waals surface area contributed by atoms with Gasteiger partial charge in [0, 0.05) is 23.9 Å².